The summed E-state index contributed by atoms with van der Waals surface area (Å²) < 4.78 is 10.4. The van der Waals surface area contributed by atoms with E-state index in [2.05, 4.69) is 17.2 Å². The maximum absolute atomic E-state index is 14.1. The van der Waals surface area contributed by atoms with Crippen molar-refractivity contribution in [3.63, 3.8) is 0 Å². The first-order valence-electron chi connectivity index (χ1n) is 13.8. The van der Waals surface area contributed by atoms with Gasteiger partial charge in [0.25, 0.3) is 0 Å². The first-order chi connectivity index (χ1) is 18.3. The van der Waals surface area contributed by atoms with E-state index in [0.717, 1.165) is 12.0 Å². The fourth-order valence-corrected chi connectivity index (χ4v) is 3.98. The minimum Gasteiger partial charge on any atom is -0.466 e. The Labute approximate surface area is 233 Å². The number of benzene rings is 1. The van der Waals surface area contributed by atoms with E-state index in [-0.39, 0.29) is 31.4 Å². The predicted octanol–water partition coefficient (Wildman–Crippen LogP) is 5.01. The molecule has 1 aromatic carbocycles. The van der Waals surface area contributed by atoms with E-state index in [1.165, 1.54) is 4.90 Å². The summed E-state index contributed by atoms with van der Waals surface area (Å²) in [4.78, 5) is 53.8. The Kier molecular flexibility index (Phi) is 14.3. The second-order valence-corrected chi connectivity index (χ2v) is 10.8. The van der Waals surface area contributed by atoms with Crippen LogP contribution in [0.15, 0.2) is 30.8 Å². The molecule has 218 valence electrons. The highest BCUT2D eigenvalue weighted by Gasteiger charge is 2.36. The van der Waals surface area contributed by atoms with Crippen LogP contribution in [0.4, 0.5) is 4.79 Å². The molecule has 9 nitrogen and oxygen atoms in total. The zero-order valence-corrected chi connectivity index (χ0v) is 24.7. The number of nitrogens with zero attached hydrogens (tertiary/aromatic N) is 1. The van der Waals surface area contributed by atoms with Crippen LogP contribution < -0.4 is 10.6 Å². The molecule has 0 spiro atoms. The van der Waals surface area contributed by atoms with Gasteiger partial charge in [-0.25, -0.2) is 4.79 Å². The fraction of sp³-hybridized carbons (Fsp3) is 0.600. The summed E-state index contributed by atoms with van der Waals surface area (Å²) in [6.45, 7) is 17.3. The van der Waals surface area contributed by atoms with Gasteiger partial charge in [0, 0.05) is 13.1 Å². The van der Waals surface area contributed by atoms with Crippen LogP contribution in [0.2, 0.25) is 0 Å². The summed E-state index contributed by atoms with van der Waals surface area (Å²) in [5, 5.41) is 5.54. The highest BCUT2D eigenvalue weighted by atomic mass is 16.6. The molecule has 0 bridgehead atoms. The van der Waals surface area contributed by atoms with Gasteiger partial charge in [-0.2, -0.15) is 0 Å². The summed E-state index contributed by atoms with van der Waals surface area (Å²) in [6, 6.07) is 5.38. The summed E-state index contributed by atoms with van der Waals surface area (Å²) in [6.07, 6.45) is 2.80. The van der Waals surface area contributed by atoms with Crippen molar-refractivity contribution in [1.29, 1.82) is 0 Å². The third-order valence-electron chi connectivity index (χ3n) is 5.69. The number of carbonyl (C=O) groups is 4. The molecule has 0 radical (unpaired) electrons. The van der Waals surface area contributed by atoms with Crippen molar-refractivity contribution in [2.24, 2.45) is 5.92 Å². The van der Waals surface area contributed by atoms with E-state index in [9.17, 15) is 19.2 Å². The Morgan fingerprint density at radius 1 is 1.13 bits per heavy atom. The molecule has 0 aliphatic rings. The van der Waals surface area contributed by atoms with E-state index in [1.807, 2.05) is 32.9 Å². The Balaban J connectivity index is 3.45. The maximum atomic E-state index is 14.1. The quantitative estimate of drug-likeness (QED) is 0.300. The van der Waals surface area contributed by atoms with Crippen molar-refractivity contribution in [3.05, 3.63) is 42.0 Å². The third kappa shape index (κ3) is 12.4. The van der Waals surface area contributed by atoms with Gasteiger partial charge in [-0.3, -0.25) is 14.4 Å². The molecular formula is C30H47N3O6. The lowest BCUT2D eigenvalue weighted by atomic mass is 9.97. The Bertz CT molecular complexity index is 970. The van der Waals surface area contributed by atoms with E-state index >= 15 is 0 Å². The van der Waals surface area contributed by atoms with Crippen LogP contribution >= 0.6 is 0 Å². The molecular weight excluding hydrogens is 498 g/mol. The molecule has 0 saturated heterocycles. The highest BCUT2D eigenvalue weighted by molar-refractivity contribution is 5.92. The third-order valence-corrected chi connectivity index (χ3v) is 5.69. The van der Waals surface area contributed by atoms with Gasteiger partial charge in [0.15, 0.2) is 0 Å². The van der Waals surface area contributed by atoms with E-state index in [0.29, 0.717) is 24.9 Å². The van der Waals surface area contributed by atoms with Gasteiger partial charge in [0.05, 0.1) is 13.0 Å². The predicted molar refractivity (Wildman–Crippen MR) is 153 cm³/mol. The molecule has 3 amide bonds. The molecule has 0 saturated carbocycles. The molecule has 1 aromatic rings. The van der Waals surface area contributed by atoms with Gasteiger partial charge < -0.3 is 25.0 Å². The summed E-state index contributed by atoms with van der Waals surface area (Å²) in [7, 11) is 0. The van der Waals surface area contributed by atoms with Crippen LogP contribution in [0.3, 0.4) is 0 Å². The first kappa shape index (κ1) is 33.7. The minimum absolute atomic E-state index is 0.0120. The largest absolute Gasteiger partial charge is 0.466 e. The molecule has 0 aliphatic carbocycles. The lowest BCUT2D eigenvalue weighted by molar-refractivity contribution is -0.144. The standard InChI is InChI=1S/C30H47N3O6/c1-9-12-18-33(28(36)24(19-21(4)5)32-29(37)39-30(6,7)8)26(23-15-13-14-22(10-2)20-23)27(35)31-17-16-25(34)38-11-3/h10,13-15,20-21,24,26H,2,9,11-12,16-19H2,1,3-8H3,(H,31,35)(H,32,37). The van der Waals surface area contributed by atoms with E-state index < -0.39 is 35.7 Å². The second-order valence-electron chi connectivity index (χ2n) is 10.8. The molecule has 39 heavy (non-hydrogen) atoms. The Hall–Kier alpha value is -3.36. The Morgan fingerprint density at radius 3 is 2.38 bits per heavy atom. The number of nitrogens with one attached hydrogen (secondary N) is 2. The molecule has 0 aromatic heterocycles. The van der Waals surface area contributed by atoms with Gasteiger partial charge in [0.1, 0.15) is 17.7 Å². The lowest BCUT2D eigenvalue weighted by Gasteiger charge is -2.35. The van der Waals surface area contributed by atoms with Crippen molar-refractivity contribution in [2.75, 3.05) is 19.7 Å². The number of rotatable bonds is 15. The van der Waals surface area contributed by atoms with Crippen LogP contribution in [-0.2, 0) is 23.9 Å². The van der Waals surface area contributed by atoms with Crippen molar-refractivity contribution in [3.8, 4) is 0 Å². The molecule has 1 rings (SSSR count). The molecule has 9 heteroatoms. The molecule has 0 aliphatic heterocycles. The highest BCUT2D eigenvalue weighted by Crippen LogP contribution is 2.26. The van der Waals surface area contributed by atoms with Crippen LogP contribution in [-0.4, -0.2) is 60.1 Å². The first-order valence-corrected chi connectivity index (χ1v) is 13.8. The number of amides is 3. The van der Waals surface area contributed by atoms with Crippen LogP contribution in [0.25, 0.3) is 6.08 Å². The van der Waals surface area contributed by atoms with E-state index in [1.54, 1.807) is 45.9 Å². The maximum Gasteiger partial charge on any atom is 0.408 e. The van der Waals surface area contributed by atoms with E-state index in [4.69, 9.17) is 9.47 Å². The number of carbonyl (C=O) groups excluding carboxylic acids is 4. The van der Waals surface area contributed by atoms with Gasteiger partial charge >= 0.3 is 12.1 Å². The van der Waals surface area contributed by atoms with Crippen molar-refractivity contribution in [2.45, 2.75) is 91.8 Å². The SMILES string of the molecule is C=Cc1cccc(C(C(=O)NCCC(=O)OCC)N(CCCC)C(=O)C(CC(C)C)NC(=O)OC(C)(C)C)c1. The summed E-state index contributed by atoms with van der Waals surface area (Å²) in [5.74, 6) is -1.13. The van der Waals surface area contributed by atoms with Crippen LogP contribution in [0.5, 0.6) is 0 Å². The monoisotopic (exact) mass is 545 g/mol. The Morgan fingerprint density at radius 2 is 1.82 bits per heavy atom. The van der Waals surface area contributed by atoms with Crippen LogP contribution in [0, 0.1) is 5.92 Å². The number of hydrogen-bond donors (Lipinski definition) is 2. The molecule has 0 heterocycles. The minimum atomic E-state index is -0.985. The number of esters is 1. The number of unbranched alkanes of at least 4 members (excludes halogenated alkanes) is 1. The summed E-state index contributed by atoms with van der Waals surface area (Å²) >= 11 is 0. The molecule has 2 unspecified atom stereocenters. The van der Waals surface area contributed by atoms with Crippen molar-refractivity contribution >= 4 is 30.0 Å². The van der Waals surface area contributed by atoms with Crippen LogP contribution in [0.1, 0.15) is 91.3 Å². The number of alkyl carbamates (subject to hydrolysis) is 1. The second kappa shape index (κ2) is 16.6. The van der Waals surface area contributed by atoms with Gasteiger partial charge in [0.2, 0.25) is 11.8 Å². The normalized spacial score (nSPS) is 12.7. The zero-order chi connectivity index (χ0) is 29.6. The van der Waals surface area contributed by atoms with Gasteiger partial charge in [-0.05, 0) is 63.6 Å². The molecule has 2 N–H and O–H groups in total. The summed E-state index contributed by atoms with van der Waals surface area (Å²) in [5.41, 5.74) is 0.667. The van der Waals surface area contributed by atoms with Crippen molar-refractivity contribution < 1.29 is 28.7 Å². The zero-order valence-electron chi connectivity index (χ0n) is 24.7. The topological polar surface area (TPSA) is 114 Å². The van der Waals surface area contributed by atoms with Gasteiger partial charge in [-0.1, -0.05) is 58.0 Å². The average Bonchev–Trinajstić information content (AvgIpc) is 2.84. The molecule has 2 atom stereocenters. The number of hydrogen-bond acceptors (Lipinski definition) is 6. The number of ether oxygens (including phenoxy) is 2. The van der Waals surface area contributed by atoms with Crippen molar-refractivity contribution in [1.82, 2.24) is 15.5 Å². The fourth-order valence-electron chi connectivity index (χ4n) is 3.98. The van der Waals surface area contributed by atoms with Gasteiger partial charge in [-0.15, -0.1) is 0 Å². The molecule has 0 fully saturated rings. The average molecular weight is 546 g/mol. The smallest absolute Gasteiger partial charge is 0.408 e. The lowest BCUT2D eigenvalue weighted by Crippen LogP contribution is -2.53.